The minimum Gasteiger partial charge on any atom is -0.329 e. The molecular formula is C14H21F3N2O2. The number of amides is 2. The zero-order valence-corrected chi connectivity index (χ0v) is 12.2. The Morgan fingerprint density at radius 2 is 1.86 bits per heavy atom. The van der Waals surface area contributed by atoms with E-state index in [-0.39, 0.29) is 31.2 Å². The average Bonchev–Trinajstić information content (AvgIpc) is 2.43. The van der Waals surface area contributed by atoms with Crippen molar-refractivity contribution in [3.8, 4) is 0 Å². The number of piperidine rings is 1. The molecule has 2 atom stereocenters. The Bertz CT molecular complexity index is 412. The van der Waals surface area contributed by atoms with E-state index in [9.17, 15) is 22.8 Å². The number of unbranched alkanes of at least 4 members (excludes halogenated alkanes) is 1. The SMILES string of the molecule is CC1C(=O)N2CCCCC2C(=O)N1CCCCC(F)(F)F. The highest BCUT2D eigenvalue weighted by molar-refractivity contribution is 5.96. The van der Waals surface area contributed by atoms with Crippen molar-refractivity contribution >= 4 is 11.8 Å². The van der Waals surface area contributed by atoms with Gasteiger partial charge in [0.1, 0.15) is 12.1 Å². The van der Waals surface area contributed by atoms with Crippen LogP contribution in [0.1, 0.15) is 45.4 Å². The van der Waals surface area contributed by atoms with Gasteiger partial charge < -0.3 is 9.80 Å². The van der Waals surface area contributed by atoms with Gasteiger partial charge in [-0.3, -0.25) is 9.59 Å². The first kappa shape index (κ1) is 16.1. The molecule has 0 radical (unpaired) electrons. The monoisotopic (exact) mass is 306 g/mol. The van der Waals surface area contributed by atoms with Gasteiger partial charge in [-0.2, -0.15) is 13.2 Å². The van der Waals surface area contributed by atoms with E-state index >= 15 is 0 Å². The average molecular weight is 306 g/mol. The molecule has 0 N–H and O–H groups in total. The first-order valence-electron chi connectivity index (χ1n) is 7.49. The molecule has 2 unspecified atom stereocenters. The molecule has 2 aliphatic heterocycles. The van der Waals surface area contributed by atoms with Gasteiger partial charge in [0.2, 0.25) is 11.8 Å². The minimum atomic E-state index is -4.16. The molecule has 0 aliphatic carbocycles. The third-order valence-corrected chi connectivity index (χ3v) is 4.29. The van der Waals surface area contributed by atoms with Crippen molar-refractivity contribution in [1.82, 2.24) is 9.80 Å². The van der Waals surface area contributed by atoms with E-state index < -0.39 is 24.7 Å². The lowest BCUT2D eigenvalue weighted by atomic mass is 9.95. The van der Waals surface area contributed by atoms with Gasteiger partial charge in [0.15, 0.2) is 0 Å². The second-order valence-corrected chi connectivity index (χ2v) is 5.82. The van der Waals surface area contributed by atoms with Gasteiger partial charge in [0.25, 0.3) is 0 Å². The largest absolute Gasteiger partial charge is 0.389 e. The van der Waals surface area contributed by atoms with Crippen LogP contribution in [0, 0.1) is 0 Å². The Balaban J connectivity index is 1.92. The summed E-state index contributed by atoms with van der Waals surface area (Å²) in [7, 11) is 0. The summed E-state index contributed by atoms with van der Waals surface area (Å²) in [4.78, 5) is 27.8. The van der Waals surface area contributed by atoms with Gasteiger partial charge in [-0.05, 0) is 39.0 Å². The van der Waals surface area contributed by atoms with Gasteiger partial charge in [-0.15, -0.1) is 0 Å². The summed E-state index contributed by atoms with van der Waals surface area (Å²) >= 11 is 0. The van der Waals surface area contributed by atoms with Crippen LogP contribution in [0.25, 0.3) is 0 Å². The van der Waals surface area contributed by atoms with Crippen molar-refractivity contribution in [3.63, 3.8) is 0 Å². The molecule has 0 saturated carbocycles. The number of nitrogens with zero attached hydrogens (tertiary/aromatic N) is 2. The highest BCUT2D eigenvalue weighted by Crippen LogP contribution is 2.27. The van der Waals surface area contributed by atoms with Crippen LogP contribution in [0.2, 0.25) is 0 Å². The number of hydrogen-bond acceptors (Lipinski definition) is 2. The summed E-state index contributed by atoms with van der Waals surface area (Å²) in [5.41, 5.74) is 0. The molecule has 0 aromatic heterocycles. The van der Waals surface area contributed by atoms with Crippen molar-refractivity contribution in [2.75, 3.05) is 13.1 Å². The minimum absolute atomic E-state index is 0.0113. The fourth-order valence-electron chi connectivity index (χ4n) is 3.12. The molecule has 2 saturated heterocycles. The lowest BCUT2D eigenvalue weighted by molar-refractivity contribution is -0.163. The first-order valence-corrected chi connectivity index (χ1v) is 7.49. The summed E-state index contributed by atoms with van der Waals surface area (Å²) in [5.74, 6) is -0.177. The van der Waals surface area contributed by atoms with Crippen molar-refractivity contribution in [2.45, 2.75) is 63.7 Å². The molecule has 0 aromatic carbocycles. The third kappa shape index (κ3) is 3.68. The van der Waals surface area contributed by atoms with Gasteiger partial charge in [0, 0.05) is 19.5 Å². The Hall–Kier alpha value is -1.27. The lowest BCUT2D eigenvalue weighted by Gasteiger charge is -2.46. The van der Waals surface area contributed by atoms with Gasteiger partial charge in [-0.1, -0.05) is 0 Å². The summed E-state index contributed by atoms with van der Waals surface area (Å²) in [6.45, 7) is 2.50. The Morgan fingerprint density at radius 1 is 1.14 bits per heavy atom. The first-order chi connectivity index (χ1) is 9.81. The molecule has 2 amide bonds. The molecule has 0 bridgehead atoms. The van der Waals surface area contributed by atoms with Crippen LogP contribution in [-0.4, -0.2) is 53.0 Å². The predicted molar refractivity (Wildman–Crippen MR) is 70.4 cm³/mol. The number of fused-ring (bicyclic) bond motifs is 1. The fourth-order valence-corrected chi connectivity index (χ4v) is 3.12. The fraction of sp³-hybridized carbons (Fsp3) is 0.857. The van der Waals surface area contributed by atoms with Crippen LogP contribution in [0.15, 0.2) is 0 Å². The number of halogens is 3. The Morgan fingerprint density at radius 3 is 2.52 bits per heavy atom. The van der Waals surface area contributed by atoms with Crippen molar-refractivity contribution in [1.29, 1.82) is 0 Å². The van der Waals surface area contributed by atoms with Crippen molar-refractivity contribution < 1.29 is 22.8 Å². The van der Waals surface area contributed by atoms with E-state index in [1.165, 1.54) is 4.90 Å². The van der Waals surface area contributed by atoms with Crippen LogP contribution in [0.3, 0.4) is 0 Å². The zero-order valence-electron chi connectivity index (χ0n) is 12.2. The molecule has 2 rings (SSSR count). The highest BCUT2D eigenvalue weighted by Gasteiger charge is 2.44. The maximum absolute atomic E-state index is 12.4. The molecule has 2 fully saturated rings. The van der Waals surface area contributed by atoms with Crippen LogP contribution in [0.4, 0.5) is 13.2 Å². The molecule has 7 heteroatoms. The molecule has 4 nitrogen and oxygen atoms in total. The number of carbonyl (C=O) groups is 2. The Labute approximate surface area is 122 Å². The van der Waals surface area contributed by atoms with Crippen LogP contribution in [0.5, 0.6) is 0 Å². The number of piperazine rings is 1. The summed E-state index contributed by atoms with van der Waals surface area (Å²) in [5, 5.41) is 0. The quantitative estimate of drug-likeness (QED) is 0.748. The maximum Gasteiger partial charge on any atom is 0.389 e. The molecular weight excluding hydrogens is 285 g/mol. The molecule has 0 spiro atoms. The maximum atomic E-state index is 12.4. The molecule has 21 heavy (non-hydrogen) atoms. The van der Waals surface area contributed by atoms with E-state index in [4.69, 9.17) is 0 Å². The molecule has 2 aliphatic rings. The second kappa shape index (κ2) is 6.23. The van der Waals surface area contributed by atoms with E-state index in [2.05, 4.69) is 0 Å². The van der Waals surface area contributed by atoms with Crippen molar-refractivity contribution in [3.05, 3.63) is 0 Å². The Kier molecular flexibility index (Phi) is 4.78. The normalized spacial score (nSPS) is 27.0. The van der Waals surface area contributed by atoms with Crippen LogP contribution < -0.4 is 0 Å². The topological polar surface area (TPSA) is 40.6 Å². The number of alkyl halides is 3. The summed E-state index contributed by atoms with van der Waals surface area (Å²) < 4.78 is 36.3. The van der Waals surface area contributed by atoms with E-state index in [1.807, 2.05) is 0 Å². The molecule has 120 valence electrons. The van der Waals surface area contributed by atoms with E-state index in [0.29, 0.717) is 13.0 Å². The van der Waals surface area contributed by atoms with Gasteiger partial charge in [0.05, 0.1) is 0 Å². The number of rotatable bonds is 4. The molecule has 0 aromatic rings. The van der Waals surface area contributed by atoms with Crippen LogP contribution >= 0.6 is 0 Å². The van der Waals surface area contributed by atoms with Crippen LogP contribution in [-0.2, 0) is 9.59 Å². The number of hydrogen-bond donors (Lipinski definition) is 0. The zero-order chi connectivity index (χ0) is 15.6. The standard InChI is InChI=1S/C14H21F3N2O2/c1-10-12(20)19-9-4-2-6-11(19)13(21)18(10)8-5-3-7-14(15,16)17/h10-11H,2-9H2,1H3. The highest BCUT2D eigenvalue weighted by atomic mass is 19.4. The molecule has 2 heterocycles. The second-order valence-electron chi connectivity index (χ2n) is 5.82. The smallest absolute Gasteiger partial charge is 0.329 e. The number of carbonyl (C=O) groups excluding carboxylic acids is 2. The van der Waals surface area contributed by atoms with Gasteiger partial charge >= 0.3 is 6.18 Å². The third-order valence-electron chi connectivity index (χ3n) is 4.29. The van der Waals surface area contributed by atoms with Gasteiger partial charge in [-0.25, -0.2) is 0 Å². The van der Waals surface area contributed by atoms with E-state index in [1.54, 1.807) is 11.8 Å². The predicted octanol–water partition coefficient (Wildman–Crippen LogP) is 2.33. The summed E-state index contributed by atoms with van der Waals surface area (Å²) in [6, 6.07) is -0.956. The van der Waals surface area contributed by atoms with E-state index in [0.717, 1.165) is 12.8 Å². The summed E-state index contributed by atoms with van der Waals surface area (Å²) in [6.07, 6.45) is -2.25. The van der Waals surface area contributed by atoms with Crippen molar-refractivity contribution in [2.24, 2.45) is 0 Å². The lowest BCUT2D eigenvalue weighted by Crippen LogP contribution is -2.65.